The predicted molar refractivity (Wildman–Crippen MR) is 97.3 cm³/mol. The number of carbonyl (C=O) groups excluding carboxylic acids is 2. The Morgan fingerprint density at radius 1 is 1.46 bits per heavy atom. The molecule has 0 saturated carbocycles. The normalized spacial score (nSPS) is 27.7. The van der Waals surface area contributed by atoms with Gasteiger partial charge in [0.25, 0.3) is 0 Å². The van der Waals surface area contributed by atoms with Crippen molar-refractivity contribution < 1.29 is 9.59 Å². The van der Waals surface area contributed by atoms with Gasteiger partial charge in [0.2, 0.25) is 11.8 Å². The number of hydrogen-bond donors (Lipinski definition) is 3. The quantitative estimate of drug-likeness (QED) is 0.631. The van der Waals surface area contributed by atoms with Crippen LogP contribution >= 0.6 is 23.1 Å². The van der Waals surface area contributed by atoms with Crippen molar-refractivity contribution >= 4 is 34.9 Å². The van der Waals surface area contributed by atoms with E-state index < -0.39 is 12.1 Å². The number of likely N-dealkylation sites (N-methyl/N-ethyl adjacent to an activating group) is 1. The van der Waals surface area contributed by atoms with E-state index in [0.717, 1.165) is 4.88 Å². The van der Waals surface area contributed by atoms with Gasteiger partial charge in [-0.15, -0.1) is 28.2 Å². The number of amides is 2. The molecule has 3 unspecified atom stereocenters. The Balaban J connectivity index is 1.51. The molecule has 138 valence electrons. The monoisotopic (exact) mass is 393 g/mol. The van der Waals surface area contributed by atoms with Crippen molar-refractivity contribution in [3.05, 3.63) is 28.2 Å². The van der Waals surface area contributed by atoms with Crippen LogP contribution in [0.1, 0.15) is 36.6 Å². The number of nitrogens with zero attached hydrogens (tertiary/aromatic N) is 4. The molecule has 2 amide bonds. The molecule has 4 atom stereocenters. The van der Waals surface area contributed by atoms with E-state index in [1.165, 1.54) is 11.3 Å². The molecule has 2 aromatic heterocycles. The van der Waals surface area contributed by atoms with Gasteiger partial charge in [-0.2, -0.15) is 0 Å². The van der Waals surface area contributed by atoms with Gasteiger partial charge < -0.3 is 15.5 Å². The van der Waals surface area contributed by atoms with Gasteiger partial charge in [-0.25, -0.2) is 5.10 Å². The van der Waals surface area contributed by atoms with E-state index in [2.05, 4.69) is 45.1 Å². The highest BCUT2D eigenvalue weighted by Crippen LogP contribution is 2.56. The second-order valence-electron chi connectivity index (χ2n) is 6.77. The Bertz CT molecular complexity index is 808. The molecule has 4 rings (SSSR count). The molecule has 26 heavy (non-hydrogen) atoms. The molecule has 0 spiro atoms. The lowest BCUT2D eigenvalue weighted by molar-refractivity contribution is -0.152. The predicted octanol–water partition coefficient (Wildman–Crippen LogP) is 0.441. The van der Waals surface area contributed by atoms with Gasteiger partial charge in [0.05, 0.1) is 0 Å². The van der Waals surface area contributed by atoms with Gasteiger partial charge in [0.15, 0.2) is 5.82 Å². The molecule has 2 aromatic rings. The summed E-state index contributed by atoms with van der Waals surface area (Å²) in [6.07, 6.45) is 0. The maximum absolute atomic E-state index is 12.8. The first-order valence-electron chi connectivity index (χ1n) is 8.18. The van der Waals surface area contributed by atoms with E-state index in [9.17, 15) is 9.59 Å². The lowest BCUT2D eigenvalue weighted by Gasteiger charge is -2.44. The summed E-state index contributed by atoms with van der Waals surface area (Å²) in [5.74, 6) is 0.259. The molecule has 4 heterocycles. The highest BCUT2D eigenvalue weighted by molar-refractivity contribution is 8.01. The third-order valence-electron chi connectivity index (χ3n) is 4.74. The number of nitrogens with one attached hydrogen (secondary N) is 3. The molecule has 0 radical (unpaired) electrons. The molecule has 9 nitrogen and oxygen atoms in total. The molecule has 2 aliphatic heterocycles. The molecule has 0 aromatic carbocycles. The molecular weight excluding hydrogens is 374 g/mol. The van der Waals surface area contributed by atoms with Gasteiger partial charge in [-0.3, -0.25) is 9.59 Å². The van der Waals surface area contributed by atoms with Gasteiger partial charge in [0, 0.05) is 9.62 Å². The first-order valence-corrected chi connectivity index (χ1v) is 9.94. The molecule has 11 heteroatoms. The van der Waals surface area contributed by atoms with E-state index in [0.29, 0.717) is 5.82 Å². The smallest absolute Gasteiger partial charge is 0.249 e. The number of tetrazole rings is 1. The van der Waals surface area contributed by atoms with E-state index >= 15 is 0 Å². The van der Waals surface area contributed by atoms with Gasteiger partial charge in [0.1, 0.15) is 23.5 Å². The topological polar surface area (TPSA) is 116 Å². The molecule has 2 fully saturated rings. The summed E-state index contributed by atoms with van der Waals surface area (Å²) < 4.78 is -0.267. The fourth-order valence-electron chi connectivity index (χ4n) is 3.57. The van der Waals surface area contributed by atoms with Crippen LogP contribution in [0.2, 0.25) is 0 Å². The molecular formula is C15H19N7O2S2. The highest BCUT2D eigenvalue weighted by atomic mass is 32.2. The first kappa shape index (κ1) is 17.4. The van der Waals surface area contributed by atoms with Gasteiger partial charge in [-0.05, 0) is 42.8 Å². The zero-order valence-corrected chi connectivity index (χ0v) is 16.1. The summed E-state index contributed by atoms with van der Waals surface area (Å²) in [4.78, 5) is 28.1. The van der Waals surface area contributed by atoms with Crippen molar-refractivity contribution in [2.45, 2.75) is 42.1 Å². The van der Waals surface area contributed by atoms with Crippen molar-refractivity contribution in [3.63, 3.8) is 0 Å². The first-order chi connectivity index (χ1) is 12.4. The average Bonchev–Trinajstić information content (AvgIpc) is 3.33. The maximum Gasteiger partial charge on any atom is 0.249 e. The third-order valence-corrected chi connectivity index (χ3v) is 7.25. The Morgan fingerprint density at radius 3 is 2.88 bits per heavy atom. The summed E-state index contributed by atoms with van der Waals surface area (Å²) in [7, 11) is 1.74. The number of hydrogen-bond acceptors (Lipinski definition) is 8. The Morgan fingerprint density at radius 2 is 2.27 bits per heavy atom. The standard InChI is InChI=1S/C15H19N7O2S2/c1-15(2)10(11-18-20-21-19-11)22-13(24)9(14(22)26-15)17-12(23)8(16-3)7-5-4-6-25-7/h4-6,8-10,14,16H,1-3H3,(H,17,23)(H,18,19,20,21)/t8?,9?,10?,14-/m1/s1. The number of H-pyrrole nitrogens is 1. The number of aromatic nitrogens is 4. The number of β-lactam (4-membered cyclic amide) rings is 1. The summed E-state index contributed by atoms with van der Waals surface area (Å²) >= 11 is 3.16. The fourth-order valence-corrected chi connectivity index (χ4v) is 6.04. The summed E-state index contributed by atoms with van der Waals surface area (Å²) in [6.45, 7) is 4.11. The van der Waals surface area contributed by atoms with E-state index in [1.807, 2.05) is 17.5 Å². The van der Waals surface area contributed by atoms with Crippen LogP contribution in [0.3, 0.4) is 0 Å². The van der Waals surface area contributed by atoms with Crippen molar-refractivity contribution in [1.29, 1.82) is 0 Å². The van der Waals surface area contributed by atoms with Crippen LogP contribution in [0.5, 0.6) is 0 Å². The number of thiophene rings is 1. The van der Waals surface area contributed by atoms with Crippen LogP contribution in [-0.4, -0.2) is 60.5 Å². The maximum atomic E-state index is 12.8. The molecule has 2 saturated heterocycles. The zero-order valence-electron chi connectivity index (χ0n) is 14.5. The summed E-state index contributed by atoms with van der Waals surface area (Å²) in [5, 5.41) is 21.7. The van der Waals surface area contributed by atoms with Crippen molar-refractivity contribution in [3.8, 4) is 0 Å². The number of aromatic amines is 1. The van der Waals surface area contributed by atoms with Crippen molar-refractivity contribution in [2.24, 2.45) is 0 Å². The SMILES string of the molecule is CNC(C(=O)NC1C(=O)N2C(c3nnn[nH]3)C(C)(C)S[C@H]12)c1cccs1. The zero-order chi connectivity index (χ0) is 18.5. The van der Waals surface area contributed by atoms with Gasteiger partial charge in [-0.1, -0.05) is 6.07 Å². The van der Waals surface area contributed by atoms with Crippen LogP contribution in [0, 0.1) is 0 Å². The van der Waals surface area contributed by atoms with E-state index in [-0.39, 0.29) is 28.0 Å². The second-order valence-corrected chi connectivity index (χ2v) is 9.52. The minimum absolute atomic E-state index is 0.108. The summed E-state index contributed by atoms with van der Waals surface area (Å²) in [5.41, 5.74) is 0. The largest absolute Gasteiger partial charge is 0.340 e. The third kappa shape index (κ3) is 2.61. The number of carbonyl (C=O) groups is 2. The fraction of sp³-hybridized carbons (Fsp3) is 0.533. The second kappa shape index (κ2) is 6.32. The molecule has 2 aliphatic rings. The number of fused-ring (bicyclic) bond motifs is 1. The Kier molecular flexibility index (Phi) is 4.24. The van der Waals surface area contributed by atoms with Crippen LogP contribution < -0.4 is 10.6 Å². The van der Waals surface area contributed by atoms with E-state index in [1.54, 1.807) is 23.7 Å². The van der Waals surface area contributed by atoms with Crippen LogP contribution in [0.25, 0.3) is 0 Å². The van der Waals surface area contributed by atoms with Crippen molar-refractivity contribution in [2.75, 3.05) is 7.05 Å². The Labute approximate surface area is 158 Å². The van der Waals surface area contributed by atoms with Gasteiger partial charge >= 0.3 is 0 Å². The van der Waals surface area contributed by atoms with Crippen LogP contribution in [0.15, 0.2) is 17.5 Å². The molecule has 0 aliphatic carbocycles. The summed E-state index contributed by atoms with van der Waals surface area (Å²) in [6, 6.07) is 2.56. The number of thioether (sulfide) groups is 1. The lowest BCUT2D eigenvalue weighted by Crippen LogP contribution is -2.68. The minimum Gasteiger partial charge on any atom is -0.340 e. The molecule has 3 N–H and O–H groups in total. The van der Waals surface area contributed by atoms with Crippen molar-refractivity contribution in [1.82, 2.24) is 36.2 Å². The van der Waals surface area contributed by atoms with Crippen LogP contribution in [-0.2, 0) is 9.59 Å². The lowest BCUT2D eigenvalue weighted by atomic mass is 9.95. The highest BCUT2D eigenvalue weighted by Gasteiger charge is 2.63. The minimum atomic E-state index is -0.538. The van der Waals surface area contributed by atoms with Crippen LogP contribution in [0.4, 0.5) is 0 Å². The Hall–Kier alpha value is -1.98. The molecule has 0 bridgehead atoms. The van der Waals surface area contributed by atoms with E-state index in [4.69, 9.17) is 0 Å². The average molecular weight is 393 g/mol. The number of rotatable bonds is 5.